The molecule has 5 nitrogen and oxygen atoms in total. The van der Waals surface area contributed by atoms with Gasteiger partial charge in [-0.15, -0.1) is 10.2 Å². The Hall–Kier alpha value is -1.39. The molecule has 0 N–H and O–H groups in total. The Morgan fingerprint density at radius 2 is 1.88 bits per heavy atom. The van der Waals surface area contributed by atoms with Gasteiger partial charge < -0.3 is 4.90 Å². The van der Waals surface area contributed by atoms with Gasteiger partial charge in [-0.05, 0) is 12.8 Å². The van der Waals surface area contributed by atoms with E-state index in [2.05, 4.69) is 10.2 Å². The molecule has 0 radical (unpaired) electrons. The van der Waals surface area contributed by atoms with Crippen molar-refractivity contribution in [3.05, 3.63) is 16.0 Å². The van der Waals surface area contributed by atoms with Crippen molar-refractivity contribution in [3.8, 4) is 0 Å². The maximum atomic E-state index is 12.3. The summed E-state index contributed by atoms with van der Waals surface area (Å²) in [6, 6.07) is 0. The first-order valence-electron chi connectivity index (χ1n) is 6.46. The molecule has 5 heteroatoms. The number of nitrogens with zero attached hydrogens (tertiary/aromatic N) is 4. The van der Waals surface area contributed by atoms with Crippen LogP contribution in [-0.4, -0.2) is 28.4 Å². The highest BCUT2D eigenvalue weighted by Crippen LogP contribution is 2.30. The predicted molar refractivity (Wildman–Crippen MR) is 65.4 cm³/mol. The van der Waals surface area contributed by atoms with Crippen LogP contribution < -0.4 is 10.5 Å². The number of hydrogen-bond donors (Lipinski definition) is 0. The monoisotopic (exact) mass is 234 g/mol. The van der Waals surface area contributed by atoms with Crippen molar-refractivity contribution in [2.45, 2.75) is 44.6 Å². The summed E-state index contributed by atoms with van der Waals surface area (Å²) in [6.45, 7) is 1.61. The molecule has 1 aliphatic heterocycles. The van der Waals surface area contributed by atoms with Crippen LogP contribution in [0.5, 0.6) is 0 Å². The van der Waals surface area contributed by atoms with E-state index in [0.29, 0.717) is 11.6 Å². The second-order valence-electron chi connectivity index (χ2n) is 5.10. The van der Waals surface area contributed by atoms with Crippen LogP contribution in [0.2, 0.25) is 0 Å². The van der Waals surface area contributed by atoms with Gasteiger partial charge in [0.1, 0.15) is 5.69 Å². The third-order valence-electron chi connectivity index (χ3n) is 3.95. The third kappa shape index (κ3) is 1.73. The van der Waals surface area contributed by atoms with Gasteiger partial charge in [0, 0.05) is 26.1 Å². The maximum absolute atomic E-state index is 12.3. The zero-order valence-electron chi connectivity index (χ0n) is 10.2. The van der Waals surface area contributed by atoms with Crippen molar-refractivity contribution < 1.29 is 0 Å². The number of likely N-dealkylation sites (N-methyl/N-ethyl adjacent to an activating group) is 1. The minimum absolute atomic E-state index is 0.0891. The Balaban J connectivity index is 1.99. The highest BCUT2D eigenvalue weighted by atomic mass is 16.1. The lowest BCUT2D eigenvalue weighted by molar-refractivity contribution is 0.427. The van der Waals surface area contributed by atoms with E-state index in [1.54, 1.807) is 4.57 Å². The van der Waals surface area contributed by atoms with Crippen molar-refractivity contribution >= 4 is 5.95 Å². The molecule has 2 aliphatic rings. The van der Waals surface area contributed by atoms with Gasteiger partial charge in [0.25, 0.3) is 5.56 Å². The second kappa shape index (κ2) is 4.13. The highest BCUT2D eigenvalue weighted by Gasteiger charge is 2.25. The molecule has 0 atom stereocenters. The molecule has 1 aromatic rings. The molecule has 1 fully saturated rings. The molecule has 3 rings (SSSR count). The van der Waals surface area contributed by atoms with Gasteiger partial charge in [-0.25, -0.2) is 0 Å². The van der Waals surface area contributed by atoms with Gasteiger partial charge in [0.15, 0.2) is 0 Å². The molecule has 92 valence electrons. The van der Waals surface area contributed by atoms with E-state index in [4.69, 9.17) is 0 Å². The first-order chi connectivity index (χ1) is 8.27. The third-order valence-corrected chi connectivity index (χ3v) is 3.95. The van der Waals surface area contributed by atoms with E-state index in [-0.39, 0.29) is 5.56 Å². The quantitative estimate of drug-likeness (QED) is 0.731. The van der Waals surface area contributed by atoms with Crippen LogP contribution in [0.1, 0.15) is 43.7 Å². The van der Waals surface area contributed by atoms with E-state index in [0.717, 1.165) is 31.9 Å². The molecular weight excluding hydrogens is 216 g/mol. The predicted octanol–water partition coefficient (Wildman–Crippen LogP) is 1.14. The lowest BCUT2D eigenvalue weighted by Gasteiger charge is -2.20. The van der Waals surface area contributed by atoms with E-state index in [1.807, 2.05) is 11.9 Å². The smallest absolute Gasteiger partial charge is 0.277 e. The lowest BCUT2D eigenvalue weighted by Crippen LogP contribution is -2.28. The zero-order chi connectivity index (χ0) is 11.8. The average Bonchev–Trinajstić information content (AvgIpc) is 2.74. The molecule has 1 aliphatic carbocycles. The largest absolute Gasteiger partial charge is 0.342 e. The van der Waals surface area contributed by atoms with Crippen molar-refractivity contribution in [1.29, 1.82) is 0 Å². The number of fused-ring (bicyclic) bond motifs is 1. The van der Waals surface area contributed by atoms with E-state index in [1.165, 1.54) is 19.3 Å². The summed E-state index contributed by atoms with van der Waals surface area (Å²) in [5.41, 5.74) is 0.787. The SMILES string of the molecule is CN1CCn2c1nnc(C1CCCCC1)c2=O. The fraction of sp³-hybridized carbons (Fsp3) is 0.750. The summed E-state index contributed by atoms with van der Waals surface area (Å²) < 4.78 is 1.77. The molecule has 17 heavy (non-hydrogen) atoms. The van der Waals surface area contributed by atoms with Gasteiger partial charge in [-0.3, -0.25) is 9.36 Å². The molecule has 1 aromatic heterocycles. The van der Waals surface area contributed by atoms with Gasteiger partial charge >= 0.3 is 0 Å². The summed E-state index contributed by atoms with van der Waals surface area (Å²) in [6.07, 6.45) is 5.91. The minimum atomic E-state index is 0.0891. The van der Waals surface area contributed by atoms with E-state index < -0.39 is 0 Å². The van der Waals surface area contributed by atoms with E-state index in [9.17, 15) is 4.79 Å². The second-order valence-corrected chi connectivity index (χ2v) is 5.10. The Morgan fingerprint density at radius 1 is 1.12 bits per heavy atom. The fourth-order valence-corrected chi connectivity index (χ4v) is 2.89. The molecule has 0 amide bonds. The Labute approximate surface area is 100 Å². The van der Waals surface area contributed by atoms with Crippen molar-refractivity contribution in [3.63, 3.8) is 0 Å². The van der Waals surface area contributed by atoms with Crippen molar-refractivity contribution in [1.82, 2.24) is 14.8 Å². The van der Waals surface area contributed by atoms with Crippen molar-refractivity contribution in [2.24, 2.45) is 0 Å². The summed E-state index contributed by atoms with van der Waals surface area (Å²) in [5.74, 6) is 1.06. The number of hydrogen-bond acceptors (Lipinski definition) is 4. The van der Waals surface area contributed by atoms with Gasteiger partial charge in [0.2, 0.25) is 5.95 Å². The molecule has 0 aromatic carbocycles. The van der Waals surface area contributed by atoms with Crippen molar-refractivity contribution in [2.75, 3.05) is 18.5 Å². The van der Waals surface area contributed by atoms with E-state index >= 15 is 0 Å². The van der Waals surface area contributed by atoms with Crippen LogP contribution in [0.25, 0.3) is 0 Å². The first-order valence-corrected chi connectivity index (χ1v) is 6.46. The summed E-state index contributed by atoms with van der Waals surface area (Å²) in [4.78, 5) is 14.3. The molecular formula is C12H18N4O. The van der Waals surface area contributed by atoms with Gasteiger partial charge in [-0.1, -0.05) is 19.3 Å². The summed E-state index contributed by atoms with van der Waals surface area (Å²) in [5, 5.41) is 8.41. The van der Waals surface area contributed by atoms with Crippen LogP contribution >= 0.6 is 0 Å². The van der Waals surface area contributed by atoms with Crippen LogP contribution in [0.15, 0.2) is 4.79 Å². The normalized spacial score (nSPS) is 20.6. The minimum Gasteiger partial charge on any atom is -0.342 e. The fourth-order valence-electron chi connectivity index (χ4n) is 2.89. The number of anilines is 1. The zero-order valence-corrected chi connectivity index (χ0v) is 10.2. The Bertz CT molecular complexity index is 476. The van der Waals surface area contributed by atoms with Crippen LogP contribution in [0.4, 0.5) is 5.95 Å². The van der Waals surface area contributed by atoms with Crippen LogP contribution in [0, 0.1) is 0 Å². The molecule has 1 saturated carbocycles. The number of aromatic nitrogens is 3. The summed E-state index contributed by atoms with van der Waals surface area (Å²) >= 11 is 0. The molecule has 0 bridgehead atoms. The number of rotatable bonds is 1. The van der Waals surface area contributed by atoms with Crippen LogP contribution in [0.3, 0.4) is 0 Å². The Kier molecular flexibility index (Phi) is 2.61. The molecule has 0 saturated heterocycles. The first kappa shape index (κ1) is 10.7. The van der Waals surface area contributed by atoms with Gasteiger partial charge in [-0.2, -0.15) is 0 Å². The molecule has 0 spiro atoms. The standard InChI is InChI=1S/C12H18N4O/c1-15-7-8-16-11(17)10(13-14-12(15)16)9-5-3-2-4-6-9/h9H,2-8H2,1H3. The van der Waals surface area contributed by atoms with Crippen LogP contribution in [-0.2, 0) is 6.54 Å². The molecule has 0 unspecified atom stereocenters. The average molecular weight is 234 g/mol. The molecule has 2 heterocycles. The van der Waals surface area contributed by atoms with Gasteiger partial charge in [0.05, 0.1) is 0 Å². The maximum Gasteiger partial charge on any atom is 0.277 e. The lowest BCUT2D eigenvalue weighted by atomic mass is 9.87. The topological polar surface area (TPSA) is 51.0 Å². The summed E-state index contributed by atoms with van der Waals surface area (Å²) in [7, 11) is 1.95. The Morgan fingerprint density at radius 3 is 2.65 bits per heavy atom. The highest BCUT2D eigenvalue weighted by molar-refractivity contribution is 5.32.